The van der Waals surface area contributed by atoms with Crippen LogP contribution < -0.4 is 0 Å². The number of hydrogen-bond acceptors (Lipinski definition) is 4. The number of carbonyl (C=O) groups is 1. The molecular formula is C21H15Cl3O3S2. The Morgan fingerprint density at radius 1 is 0.966 bits per heavy atom. The standard InChI is InChI=1S/C21H15Cl3O3S2/c1-13-2-9-18(28-13)11-20(21(25)14-3-6-16(22)7-4-14)29(26,27)12-15-5-8-17(23)10-19(15)24/h2-11H,12H2,1H3. The number of Topliss-reactive ketones (excluding diaryl/α,β-unsaturated/α-hetero) is 1. The second-order valence-electron chi connectivity index (χ2n) is 6.29. The van der Waals surface area contributed by atoms with Gasteiger partial charge in [-0.2, -0.15) is 0 Å². The van der Waals surface area contributed by atoms with Gasteiger partial charge in [0.05, 0.1) is 5.75 Å². The first-order chi connectivity index (χ1) is 13.7. The molecule has 0 saturated carbocycles. The topological polar surface area (TPSA) is 51.2 Å². The number of thiophene rings is 1. The summed E-state index contributed by atoms with van der Waals surface area (Å²) in [6.45, 7) is 1.91. The molecule has 0 bridgehead atoms. The van der Waals surface area contributed by atoms with E-state index in [0.29, 0.717) is 20.5 Å². The Kier molecular flexibility index (Phi) is 6.87. The molecule has 1 heterocycles. The minimum absolute atomic E-state index is 0.228. The number of carbonyl (C=O) groups excluding carboxylic acids is 1. The van der Waals surface area contributed by atoms with Crippen LogP contribution in [0.3, 0.4) is 0 Å². The van der Waals surface area contributed by atoms with Crippen molar-refractivity contribution in [2.24, 2.45) is 0 Å². The van der Waals surface area contributed by atoms with Crippen molar-refractivity contribution in [2.75, 3.05) is 0 Å². The summed E-state index contributed by atoms with van der Waals surface area (Å²) in [6, 6.07) is 14.3. The molecule has 1 aromatic heterocycles. The number of halogens is 3. The van der Waals surface area contributed by atoms with Crippen LogP contribution >= 0.6 is 46.1 Å². The monoisotopic (exact) mass is 484 g/mol. The fraction of sp³-hybridized carbons (Fsp3) is 0.0952. The molecule has 0 atom stereocenters. The van der Waals surface area contributed by atoms with Crippen molar-refractivity contribution in [1.29, 1.82) is 0 Å². The Morgan fingerprint density at radius 2 is 1.62 bits per heavy atom. The van der Waals surface area contributed by atoms with Crippen molar-refractivity contribution >= 4 is 67.8 Å². The molecule has 0 radical (unpaired) electrons. The van der Waals surface area contributed by atoms with Crippen LogP contribution in [-0.2, 0) is 15.6 Å². The van der Waals surface area contributed by atoms with Crippen molar-refractivity contribution in [1.82, 2.24) is 0 Å². The van der Waals surface area contributed by atoms with Gasteiger partial charge in [-0.25, -0.2) is 8.42 Å². The molecule has 0 aliphatic rings. The summed E-state index contributed by atoms with van der Waals surface area (Å²) in [4.78, 5) is 14.5. The Hall–Kier alpha value is -1.63. The maximum absolute atomic E-state index is 13.2. The molecule has 0 fully saturated rings. The first-order valence-corrected chi connectivity index (χ1v) is 12.0. The number of aryl methyl sites for hydroxylation is 1. The molecule has 0 saturated heterocycles. The maximum atomic E-state index is 13.2. The largest absolute Gasteiger partial charge is 0.288 e. The average Bonchev–Trinajstić information content (AvgIpc) is 3.07. The number of allylic oxidation sites excluding steroid dienone is 1. The zero-order chi connectivity index (χ0) is 21.2. The number of ketones is 1. The molecule has 3 nitrogen and oxygen atoms in total. The summed E-state index contributed by atoms with van der Waals surface area (Å²) < 4.78 is 26.5. The summed E-state index contributed by atoms with van der Waals surface area (Å²) in [5.74, 6) is -1.02. The highest BCUT2D eigenvalue weighted by Crippen LogP contribution is 2.29. The van der Waals surface area contributed by atoms with Crippen molar-refractivity contribution in [3.63, 3.8) is 0 Å². The van der Waals surface area contributed by atoms with Crippen molar-refractivity contribution in [3.05, 3.63) is 95.5 Å². The van der Waals surface area contributed by atoms with Gasteiger partial charge in [0.15, 0.2) is 9.84 Å². The van der Waals surface area contributed by atoms with E-state index in [9.17, 15) is 13.2 Å². The summed E-state index contributed by atoms with van der Waals surface area (Å²) in [5, 5.41) is 1.08. The van der Waals surface area contributed by atoms with Crippen molar-refractivity contribution < 1.29 is 13.2 Å². The van der Waals surface area contributed by atoms with Crippen molar-refractivity contribution in [3.8, 4) is 0 Å². The predicted octanol–water partition coefficient (Wildman–Crippen LogP) is 6.86. The Balaban J connectivity index is 2.07. The molecule has 8 heteroatoms. The average molecular weight is 486 g/mol. The van der Waals surface area contributed by atoms with Gasteiger partial charge < -0.3 is 0 Å². The highest BCUT2D eigenvalue weighted by Gasteiger charge is 2.27. The normalized spacial score (nSPS) is 12.2. The van der Waals surface area contributed by atoms with E-state index >= 15 is 0 Å². The highest BCUT2D eigenvalue weighted by atomic mass is 35.5. The summed E-state index contributed by atoms with van der Waals surface area (Å²) in [6.07, 6.45) is 1.41. The molecule has 0 aliphatic heterocycles. The third kappa shape index (κ3) is 5.50. The molecule has 0 unspecified atom stereocenters. The Labute approximate surface area is 188 Å². The molecule has 0 aliphatic carbocycles. The van der Waals surface area contributed by atoms with Gasteiger partial charge in [-0.1, -0.05) is 40.9 Å². The lowest BCUT2D eigenvalue weighted by atomic mass is 10.1. The van der Waals surface area contributed by atoms with Gasteiger partial charge in [0, 0.05) is 30.4 Å². The summed E-state index contributed by atoms with van der Waals surface area (Å²) in [7, 11) is -4.00. The number of rotatable bonds is 6. The molecule has 150 valence electrons. The first-order valence-electron chi connectivity index (χ1n) is 8.41. The van der Waals surface area contributed by atoms with Crippen LogP contribution in [0.2, 0.25) is 15.1 Å². The van der Waals surface area contributed by atoms with E-state index < -0.39 is 21.4 Å². The molecule has 0 amide bonds. The zero-order valence-electron chi connectivity index (χ0n) is 15.2. The van der Waals surface area contributed by atoms with Gasteiger partial charge in [0.1, 0.15) is 4.91 Å². The molecule has 29 heavy (non-hydrogen) atoms. The summed E-state index contributed by atoms with van der Waals surface area (Å²) >= 11 is 19.3. The Morgan fingerprint density at radius 3 is 2.21 bits per heavy atom. The van der Waals surface area contributed by atoms with Crippen LogP contribution in [0.25, 0.3) is 6.08 Å². The van der Waals surface area contributed by atoms with Gasteiger partial charge >= 0.3 is 0 Å². The fourth-order valence-electron chi connectivity index (χ4n) is 2.62. The fourth-order valence-corrected chi connectivity index (χ4v) is 5.72. The SMILES string of the molecule is Cc1ccc(C=C(C(=O)c2ccc(Cl)cc2)S(=O)(=O)Cc2ccc(Cl)cc2Cl)s1. The van der Waals surface area contributed by atoms with Gasteiger partial charge in [-0.3, -0.25) is 4.79 Å². The quantitative estimate of drug-likeness (QED) is 0.283. The van der Waals surface area contributed by atoms with Gasteiger partial charge in [0.2, 0.25) is 5.78 Å². The minimum atomic E-state index is -4.00. The van der Waals surface area contributed by atoms with E-state index in [0.717, 1.165) is 4.88 Å². The van der Waals surface area contributed by atoms with E-state index in [1.165, 1.54) is 35.6 Å². The third-order valence-corrected chi connectivity index (χ3v) is 7.51. The second-order valence-corrected chi connectivity index (χ2v) is 10.8. The van der Waals surface area contributed by atoms with E-state index in [4.69, 9.17) is 34.8 Å². The molecular weight excluding hydrogens is 471 g/mol. The van der Waals surface area contributed by atoms with E-state index in [2.05, 4.69) is 0 Å². The van der Waals surface area contributed by atoms with Crippen LogP contribution in [0.4, 0.5) is 0 Å². The van der Waals surface area contributed by atoms with Crippen LogP contribution in [0.1, 0.15) is 25.7 Å². The zero-order valence-corrected chi connectivity index (χ0v) is 19.1. The van der Waals surface area contributed by atoms with Crippen LogP contribution in [-0.4, -0.2) is 14.2 Å². The van der Waals surface area contributed by atoms with Crippen LogP contribution in [0.5, 0.6) is 0 Å². The van der Waals surface area contributed by atoms with Gasteiger partial charge in [-0.15, -0.1) is 11.3 Å². The lowest BCUT2D eigenvalue weighted by Crippen LogP contribution is -2.16. The van der Waals surface area contributed by atoms with Crippen LogP contribution in [0, 0.1) is 6.92 Å². The van der Waals surface area contributed by atoms with Gasteiger partial charge in [-0.05, 0) is 67.1 Å². The number of hydrogen-bond donors (Lipinski definition) is 0. The second kappa shape index (κ2) is 9.02. The molecule has 3 aromatic rings. The summed E-state index contributed by atoms with van der Waals surface area (Å²) in [5.41, 5.74) is 0.605. The minimum Gasteiger partial charge on any atom is -0.288 e. The maximum Gasteiger partial charge on any atom is 0.204 e. The lowest BCUT2D eigenvalue weighted by molar-refractivity contribution is 0.104. The van der Waals surface area contributed by atoms with Crippen molar-refractivity contribution in [2.45, 2.75) is 12.7 Å². The highest BCUT2D eigenvalue weighted by molar-refractivity contribution is 7.95. The molecule has 0 N–H and O–H groups in total. The van der Waals surface area contributed by atoms with E-state index in [-0.39, 0.29) is 15.5 Å². The smallest absolute Gasteiger partial charge is 0.204 e. The molecule has 0 spiro atoms. The van der Waals surface area contributed by atoms with E-state index in [1.54, 1.807) is 30.3 Å². The van der Waals surface area contributed by atoms with E-state index in [1.807, 2.05) is 13.0 Å². The number of benzene rings is 2. The predicted molar refractivity (Wildman–Crippen MR) is 122 cm³/mol. The van der Waals surface area contributed by atoms with Gasteiger partial charge in [0.25, 0.3) is 0 Å². The number of sulfone groups is 1. The van der Waals surface area contributed by atoms with Crippen LogP contribution in [0.15, 0.2) is 59.5 Å². The molecule has 2 aromatic carbocycles. The lowest BCUT2D eigenvalue weighted by Gasteiger charge is -2.10. The first kappa shape index (κ1) is 22.1. The molecule has 3 rings (SSSR count). The Bertz CT molecular complexity index is 1190. The third-order valence-electron chi connectivity index (χ3n) is 4.06.